The maximum Gasteiger partial charge on any atom is 0.238 e. The average molecular weight is 393 g/mol. The van der Waals surface area contributed by atoms with Crippen LogP contribution in [0.15, 0.2) is 35.1 Å². The monoisotopic (exact) mass is 393 g/mol. The Morgan fingerprint density at radius 2 is 1.86 bits per heavy atom. The molecule has 2 aromatic carbocycles. The molecule has 3 aromatic rings. The molecular formula is C23H24FN3O2. The van der Waals surface area contributed by atoms with Gasteiger partial charge in [-0.05, 0) is 61.7 Å². The summed E-state index contributed by atoms with van der Waals surface area (Å²) in [6.45, 7) is 7.02. The number of nitrogens with one attached hydrogen (secondary N) is 2. The van der Waals surface area contributed by atoms with E-state index in [1.165, 1.54) is 12.1 Å². The molecule has 4 rings (SSSR count). The molecule has 2 heterocycles. The zero-order valence-electron chi connectivity index (χ0n) is 16.9. The zero-order valence-corrected chi connectivity index (χ0v) is 16.9. The fourth-order valence-corrected chi connectivity index (χ4v) is 4.15. The number of rotatable bonds is 3. The SMILES string of the molecule is Cc1cc(C)cc(NC(=O)CN2CCc3[nH]c4c(C)cc(F)cc4c(=O)c3C2)c1. The van der Waals surface area contributed by atoms with Crippen molar-refractivity contribution in [1.82, 2.24) is 9.88 Å². The molecule has 0 unspecified atom stereocenters. The molecule has 0 radical (unpaired) electrons. The second-order valence-electron chi connectivity index (χ2n) is 7.94. The second kappa shape index (κ2) is 7.44. The summed E-state index contributed by atoms with van der Waals surface area (Å²) < 4.78 is 13.8. The van der Waals surface area contributed by atoms with Gasteiger partial charge in [0.1, 0.15) is 5.82 Å². The number of amides is 1. The molecule has 0 aliphatic carbocycles. The molecule has 150 valence electrons. The Kier molecular flexibility index (Phi) is 4.96. The minimum Gasteiger partial charge on any atom is -0.358 e. The number of aryl methyl sites for hydroxylation is 3. The lowest BCUT2D eigenvalue weighted by Gasteiger charge is -2.28. The first-order chi connectivity index (χ1) is 13.8. The van der Waals surface area contributed by atoms with Crippen molar-refractivity contribution in [3.8, 4) is 0 Å². The van der Waals surface area contributed by atoms with Gasteiger partial charge < -0.3 is 10.3 Å². The van der Waals surface area contributed by atoms with E-state index < -0.39 is 5.82 Å². The molecule has 0 atom stereocenters. The lowest BCUT2D eigenvalue weighted by atomic mass is 10.0. The Hall–Kier alpha value is -2.99. The number of nitrogens with zero attached hydrogens (tertiary/aromatic N) is 1. The molecule has 0 spiro atoms. The number of carbonyl (C=O) groups excluding carboxylic acids is 1. The Labute approximate surface area is 168 Å². The van der Waals surface area contributed by atoms with Crippen molar-refractivity contribution in [2.75, 3.05) is 18.4 Å². The van der Waals surface area contributed by atoms with Gasteiger partial charge in [0.2, 0.25) is 5.91 Å². The number of fused-ring (bicyclic) bond motifs is 2. The van der Waals surface area contributed by atoms with Crippen LogP contribution in [0.1, 0.15) is 27.9 Å². The standard InChI is InChI=1S/C23H24FN3O2/c1-13-6-14(2)8-17(7-13)25-21(28)12-27-5-4-20-19(11-27)23(29)18-10-16(24)9-15(3)22(18)26-20/h6-10H,4-5,11-12H2,1-3H3,(H,25,28)(H,26,29). The van der Waals surface area contributed by atoms with Crippen molar-refractivity contribution in [3.05, 3.63) is 74.3 Å². The summed E-state index contributed by atoms with van der Waals surface area (Å²) in [4.78, 5) is 30.7. The van der Waals surface area contributed by atoms with Crippen LogP contribution in [-0.4, -0.2) is 28.9 Å². The van der Waals surface area contributed by atoms with Gasteiger partial charge in [0.25, 0.3) is 0 Å². The van der Waals surface area contributed by atoms with Gasteiger partial charge in [-0.15, -0.1) is 0 Å². The molecule has 0 saturated heterocycles. The second-order valence-corrected chi connectivity index (χ2v) is 7.94. The van der Waals surface area contributed by atoms with Crippen LogP contribution < -0.4 is 10.7 Å². The topological polar surface area (TPSA) is 65.2 Å². The van der Waals surface area contributed by atoms with Crippen LogP contribution >= 0.6 is 0 Å². The van der Waals surface area contributed by atoms with Gasteiger partial charge in [0.15, 0.2) is 5.43 Å². The van der Waals surface area contributed by atoms with Crippen molar-refractivity contribution in [1.29, 1.82) is 0 Å². The van der Waals surface area contributed by atoms with Gasteiger partial charge in [-0.2, -0.15) is 0 Å². The van der Waals surface area contributed by atoms with Crippen LogP contribution in [0.5, 0.6) is 0 Å². The van der Waals surface area contributed by atoms with Crippen molar-refractivity contribution in [3.63, 3.8) is 0 Å². The van der Waals surface area contributed by atoms with E-state index in [-0.39, 0.29) is 17.9 Å². The summed E-state index contributed by atoms with van der Waals surface area (Å²) in [6, 6.07) is 8.64. The van der Waals surface area contributed by atoms with E-state index in [2.05, 4.69) is 16.4 Å². The first-order valence-corrected chi connectivity index (χ1v) is 9.74. The van der Waals surface area contributed by atoms with E-state index in [0.717, 1.165) is 28.1 Å². The quantitative estimate of drug-likeness (QED) is 0.715. The normalized spacial score (nSPS) is 14.1. The molecule has 1 aliphatic heterocycles. The Morgan fingerprint density at radius 3 is 2.59 bits per heavy atom. The third-order valence-electron chi connectivity index (χ3n) is 5.39. The van der Waals surface area contributed by atoms with Crippen molar-refractivity contribution in [2.24, 2.45) is 0 Å². The highest BCUT2D eigenvalue weighted by Crippen LogP contribution is 2.21. The van der Waals surface area contributed by atoms with Crippen LogP contribution in [0.3, 0.4) is 0 Å². The molecular weight excluding hydrogens is 369 g/mol. The van der Waals surface area contributed by atoms with Crippen molar-refractivity contribution >= 4 is 22.5 Å². The first-order valence-electron chi connectivity index (χ1n) is 9.74. The lowest BCUT2D eigenvalue weighted by Crippen LogP contribution is -2.39. The van der Waals surface area contributed by atoms with E-state index in [0.29, 0.717) is 36.0 Å². The number of benzene rings is 2. The van der Waals surface area contributed by atoms with Crippen molar-refractivity contribution in [2.45, 2.75) is 33.7 Å². The minimum atomic E-state index is -0.416. The molecule has 2 N–H and O–H groups in total. The summed E-state index contributed by atoms with van der Waals surface area (Å²) in [6.07, 6.45) is 0.647. The molecule has 6 heteroatoms. The van der Waals surface area contributed by atoms with Crippen LogP contribution in [-0.2, 0) is 17.8 Å². The molecule has 1 aliphatic rings. The predicted octanol–water partition coefficient (Wildman–Crippen LogP) is 3.59. The number of H-pyrrole nitrogens is 1. The van der Waals surface area contributed by atoms with Gasteiger partial charge in [0.05, 0.1) is 12.1 Å². The third-order valence-corrected chi connectivity index (χ3v) is 5.39. The summed E-state index contributed by atoms with van der Waals surface area (Å²) in [5, 5.41) is 3.30. The number of hydrogen-bond acceptors (Lipinski definition) is 3. The average Bonchev–Trinajstić information content (AvgIpc) is 2.62. The van der Waals surface area contributed by atoms with Gasteiger partial charge in [-0.25, -0.2) is 4.39 Å². The predicted molar refractivity (Wildman–Crippen MR) is 113 cm³/mol. The Bertz CT molecular complexity index is 1160. The van der Waals surface area contributed by atoms with Gasteiger partial charge in [0, 0.05) is 41.8 Å². The lowest BCUT2D eigenvalue weighted by molar-refractivity contribution is -0.117. The first kappa shape index (κ1) is 19.3. The number of anilines is 1. The minimum absolute atomic E-state index is 0.113. The summed E-state index contributed by atoms with van der Waals surface area (Å²) in [7, 11) is 0. The number of carbonyl (C=O) groups is 1. The summed E-state index contributed by atoms with van der Waals surface area (Å²) >= 11 is 0. The number of hydrogen-bond donors (Lipinski definition) is 2. The smallest absolute Gasteiger partial charge is 0.238 e. The van der Waals surface area contributed by atoms with Crippen LogP contribution in [0.25, 0.3) is 10.9 Å². The molecule has 0 fully saturated rings. The highest BCUT2D eigenvalue weighted by atomic mass is 19.1. The fraction of sp³-hybridized carbons (Fsp3) is 0.304. The van der Waals surface area contributed by atoms with Gasteiger partial charge in [-0.1, -0.05) is 6.07 Å². The van der Waals surface area contributed by atoms with Crippen molar-refractivity contribution < 1.29 is 9.18 Å². The molecule has 5 nitrogen and oxygen atoms in total. The Morgan fingerprint density at radius 1 is 1.14 bits per heavy atom. The molecule has 29 heavy (non-hydrogen) atoms. The molecule has 0 bridgehead atoms. The highest BCUT2D eigenvalue weighted by Gasteiger charge is 2.23. The third kappa shape index (κ3) is 3.93. The van der Waals surface area contributed by atoms with E-state index in [4.69, 9.17) is 0 Å². The number of aromatic amines is 1. The number of pyridine rings is 1. The van der Waals surface area contributed by atoms with E-state index >= 15 is 0 Å². The van der Waals surface area contributed by atoms with Crippen LogP contribution in [0.4, 0.5) is 10.1 Å². The Balaban J connectivity index is 1.54. The van der Waals surface area contributed by atoms with Gasteiger partial charge in [-0.3, -0.25) is 14.5 Å². The zero-order chi connectivity index (χ0) is 20.7. The van der Waals surface area contributed by atoms with Crippen LogP contribution in [0, 0.1) is 26.6 Å². The summed E-state index contributed by atoms with van der Waals surface area (Å²) in [5.74, 6) is -0.529. The van der Waals surface area contributed by atoms with E-state index in [1.807, 2.05) is 30.9 Å². The maximum absolute atomic E-state index is 13.8. The van der Waals surface area contributed by atoms with Crippen LogP contribution in [0.2, 0.25) is 0 Å². The summed E-state index contributed by atoms with van der Waals surface area (Å²) in [5.41, 5.74) is 5.71. The van der Waals surface area contributed by atoms with E-state index in [1.54, 1.807) is 6.92 Å². The highest BCUT2D eigenvalue weighted by molar-refractivity contribution is 5.92. The molecule has 0 saturated carbocycles. The van der Waals surface area contributed by atoms with E-state index in [9.17, 15) is 14.0 Å². The molecule has 1 amide bonds. The fourth-order valence-electron chi connectivity index (χ4n) is 4.15. The number of halogens is 1. The number of aromatic nitrogens is 1. The van der Waals surface area contributed by atoms with Gasteiger partial charge >= 0.3 is 0 Å². The maximum atomic E-state index is 13.8. The molecule has 1 aromatic heterocycles. The largest absolute Gasteiger partial charge is 0.358 e.